The van der Waals surface area contributed by atoms with Gasteiger partial charge >= 0.3 is 0 Å². The Morgan fingerprint density at radius 1 is 1.11 bits per heavy atom. The molecule has 0 atom stereocenters. The van der Waals surface area contributed by atoms with E-state index in [-0.39, 0.29) is 11.6 Å². The number of methoxy groups -OCH3 is 1. The zero-order chi connectivity index (χ0) is 20.1. The lowest BCUT2D eigenvalue weighted by atomic mass is 10.2. The third kappa shape index (κ3) is 4.29. The molecule has 0 saturated carbocycles. The lowest BCUT2D eigenvalue weighted by Gasteiger charge is -2.13. The molecule has 28 heavy (non-hydrogen) atoms. The Morgan fingerprint density at radius 2 is 1.93 bits per heavy atom. The van der Waals surface area contributed by atoms with E-state index in [9.17, 15) is 9.59 Å². The summed E-state index contributed by atoms with van der Waals surface area (Å²) in [6.45, 7) is 3.12. The van der Waals surface area contributed by atoms with Gasteiger partial charge in [-0.05, 0) is 37.3 Å². The normalized spacial score (nSPS) is 10.2. The second kappa shape index (κ2) is 8.26. The number of anilines is 2. The van der Waals surface area contributed by atoms with Gasteiger partial charge < -0.3 is 15.4 Å². The number of hydrogen-bond acceptors (Lipinski definition) is 6. The van der Waals surface area contributed by atoms with Gasteiger partial charge in [-0.1, -0.05) is 0 Å². The molecule has 3 aromatic rings. The molecule has 8 nitrogen and oxygen atoms in total. The quantitative estimate of drug-likeness (QED) is 0.708. The summed E-state index contributed by atoms with van der Waals surface area (Å²) in [6, 6.07) is 8.59. The van der Waals surface area contributed by atoms with E-state index in [1.165, 1.54) is 14.0 Å². The van der Waals surface area contributed by atoms with Crippen molar-refractivity contribution in [3.8, 4) is 17.0 Å². The molecular weight excluding hydrogens is 358 g/mol. The second-order valence-corrected chi connectivity index (χ2v) is 5.98. The molecule has 1 aromatic carbocycles. The van der Waals surface area contributed by atoms with Gasteiger partial charge in [-0.25, -0.2) is 4.98 Å². The minimum absolute atomic E-state index is 0.188. The lowest BCUT2D eigenvalue weighted by Crippen LogP contribution is -2.17. The van der Waals surface area contributed by atoms with Crippen molar-refractivity contribution in [3.05, 3.63) is 60.3 Å². The fourth-order valence-electron chi connectivity index (χ4n) is 2.59. The highest BCUT2D eigenvalue weighted by Gasteiger charge is 2.16. The molecule has 0 bridgehead atoms. The first-order valence-corrected chi connectivity index (χ1v) is 8.49. The van der Waals surface area contributed by atoms with Crippen LogP contribution in [0.3, 0.4) is 0 Å². The van der Waals surface area contributed by atoms with E-state index in [0.29, 0.717) is 28.5 Å². The number of rotatable bonds is 5. The van der Waals surface area contributed by atoms with Crippen molar-refractivity contribution in [2.24, 2.45) is 0 Å². The summed E-state index contributed by atoms with van der Waals surface area (Å²) in [5, 5.41) is 5.45. The average molecular weight is 377 g/mol. The van der Waals surface area contributed by atoms with Crippen LogP contribution in [0, 0.1) is 6.92 Å². The van der Waals surface area contributed by atoms with Crippen molar-refractivity contribution in [2.75, 3.05) is 17.7 Å². The molecule has 142 valence electrons. The molecule has 3 rings (SSSR count). The second-order valence-electron chi connectivity index (χ2n) is 5.98. The van der Waals surface area contributed by atoms with Crippen LogP contribution in [-0.2, 0) is 4.79 Å². The van der Waals surface area contributed by atoms with Crippen LogP contribution in [0.5, 0.6) is 5.75 Å². The Labute approximate surface area is 162 Å². The molecule has 0 saturated heterocycles. The maximum Gasteiger partial charge on any atom is 0.276 e. The molecule has 2 aromatic heterocycles. The van der Waals surface area contributed by atoms with Crippen molar-refractivity contribution in [1.82, 2.24) is 15.0 Å². The molecule has 2 heterocycles. The summed E-state index contributed by atoms with van der Waals surface area (Å²) >= 11 is 0. The zero-order valence-electron chi connectivity index (χ0n) is 15.7. The van der Waals surface area contributed by atoms with Gasteiger partial charge in [-0.15, -0.1) is 0 Å². The topological polar surface area (TPSA) is 106 Å². The maximum atomic E-state index is 12.8. The molecule has 0 aliphatic heterocycles. The predicted molar refractivity (Wildman–Crippen MR) is 105 cm³/mol. The number of ether oxygens (including phenoxy) is 1. The molecule has 0 spiro atoms. The van der Waals surface area contributed by atoms with Crippen LogP contribution < -0.4 is 15.4 Å². The monoisotopic (exact) mass is 377 g/mol. The molecule has 0 radical (unpaired) electrons. The van der Waals surface area contributed by atoms with Crippen LogP contribution in [0.2, 0.25) is 0 Å². The number of pyridine rings is 1. The molecular formula is C20H19N5O3. The Bertz CT molecular complexity index is 1020. The van der Waals surface area contributed by atoms with Gasteiger partial charge in [0.2, 0.25) is 5.91 Å². The molecule has 2 amide bonds. The number of carbonyl (C=O) groups is 2. The molecule has 0 fully saturated rings. The molecule has 0 aliphatic rings. The number of nitrogens with zero attached hydrogens (tertiary/aromatic N) is 3. The molecule has 2 N–H and O–H groups in total. The Hall–Kier alpha value is -3.81. The molecule has 0 unspecified atom stereocenters. The Kier molecular flexibility index (Phi) is 5.59. The highest BCUT2D eigenvalue weighted by atomic mass is 16.5. The van der Waals surface area contributed by atoms with Gasteiger partial charge in [-0.3, -0.25) is 19.6 Å². The third-order valence-electron chi connectivity index (χ3n) is 3.90. The molecule has 8 heteroatoms. The van der Waals surface area contributed by atoms with Gasteiger partial charge in [0.25, 0.3) is 5.91 Å². The van der Waals surface area contributed by atoms with Crippen LogP contribution in [0.1, 0.15) is 23.1 Å². The van der Waals surface area contributed by atoms with Gasteiger partial charge in [0, 0.05) is 30.6 Å². The summed E-state index contributed by atoms with van der Waals surface area (Å²) in [7, 11) is 1.50. The van der Waals surface area contributed by atoms with E-state index in [1.54, 1.807) is 49.8 Å². The first kappa shape index (κ1) is 19.0. The van der Waals surface area contributed by atoms with Gasteiger partial charge in [0.1, 0.15) is 11.4 Å². The van der Waals surface area contributed by atoms with Crippen LogP contribution in [0.15, 0.2) is 48.9 Å². The SMILES string of the molecule is COc1ccc(NC(C)=O)cc1NC(=O)c1nc(-c2cccnc2)cnc1C. The largest absolute Gasteiger partial charge is 0.495 e. The zero-order valence-corrected chi connectivity index (χ0v) is 15.7. The molecule has 0 aliphatic carbocycles. The third-order valence-corrected chi connectivity index (χ3v) is 3.90. The average Bonchev–Trinajstić information content (AvgIpc) is 2.68. The van der Waals surface area contributed by atoms with Crippen molar-refractivity contribution in [1.29, 1.82) is 0 Å². The van der Waals surface area contributed by atoms with Crippen LogP contribution in [0.25, 0.3) is 11.3 Å². The van der Waals surface area contributed by atoms with Gasteiger partial charge in [-0.2, -0.15) is 0 Å². The number of amides is 2. The fourth-order valence-corrected chi connectivity index (χ4v) is 2.59. The number of nitrogens with one attached hydrogen (secondary N) is 2. The number of aryl methyl sites for hydroxylation is 1. The number of aromatic nitrogens is 3. The summed E-state index contributed by atoms with van der Waals surface area (Å²) in [6.07, 6.45) is 4.91. The van der Waals surface area contributed by atoms with Crippen molar-refractivity contribution >= 4 is 23.2 Å². The van der Waals surface area contributed by atoms with E-state index >= 15 is 0 Å². The summed E-state index contributed by atoms with van der Waals surface area (Å²) in [5.41, 5.74) is 2.93. The number of carbonyl (C=O) groups excluding carboxylic acids is 2. The number of hydrogen-bond donors (Lipinski definition) is 2. The van der Waals surface area contributed by atoms with E-state index in [1.807, 2.05) is 6.07 Å². The van der Waals surface area contributed by atoms with E-state index in [4.69, 9.17) is 4.74 Å². The number of benzene rings is 1. The highest BCUT2D eigenvalue weighted by Crippen LogP contribution is 2.28. The van der Waals surface area contributed by atoms with Gasteiger partial charge in [0.15, 0.2) is 0 Å². The standard InChI is InChI=1S/C20H19N5O3/c1-12-19(24-17(11-22-12)14-5-4-8-21-10-14)20(27)25-16-9-15(23-13(2)26)6-7-18(16)28-3/h4-11H,1-3H3,(H,23,26)(H,25,27). The first-order valence-electron chi connectivity index (χ1n) is 8.49. The van der Waals surface area contributed by atoms with Crippen LogP contribution in [-0.4, -0.2) is 33.9 Å². The predicted octanol–water partition coefficient (Wildman–Crippen LogP) is 3.07. The van der Waals surface area contributed by atoms with Crippen molar-refractivity contribution in [2.45, 2.75) is 13.8 Å². The van der Waals surface area contributed by atoms with E-state index in [0.717, 1.165) is 5.56 Å². The minimum Gasteiger partial charge on any atom is -0.495 e. The highest BCUT2D eigenvalue weighted by molar-refractivity contribution is 6.05. The summed E-state index contributed by atoms with van der Waals surface area (Å²) in [5.74, 6) is -0.196. The van der Waals surface area contributed by atoms with Gasteiger partial charge in [0.05, 0.1) is 30.4 Å². The lowest BCUT2D eigenvalue weighted by molar-refractivity contribution is -0.114. The summed E-state index contributed by atoms with van der Waals surface area (Å²) < 4.78 is 5.29. The Balaban J connectivity index is 1.92. The van der Waals surface area contributed by atoms with Crippen LogP contribution >= 0.6 is 0 Å². The smallest absolute Gasteiger partial charge is 0.276 e. The van der Waals surface area contributed by atoms with E-state index in [2.05, 4.69) is 25.6 Å². The van der Waals surface area contributed by atoms with Crippen molar-refractivity contribution < 1.29 is 14.3 Å². The summed E-state index contributed by atoms with van der Waals surface area (Å²) in [4.78, 5) is 36.9. The minimum atomic E-state index is -0.436. The fraction of sp³-hybridized carbons (Fsp3) is 0.150. The van der Waals surface area contributed by atoms with Crippen molar-refractivity contribution in [3.63, 3.8) is 0 Å². The van der Waals surface area contributed by atoms with Crippen LogP contribution in [0.4, 0.5) is 11.4 Å². The first-order chi connectivity index (χ1) is 13.5. The maximum absolute atomic E-state index is 12.8. The Morgan fingerprint density at radius 3 is 2.61 bits per heavy atom. The van der Waals surface area contributed by atoms with E-state index < -0.39 is 5.91 Å².